The van der Waals surface area contributed by atoms with Crippen LogP contribution in [0.5, 0.6) is 5.75 Å². The molecule has 0 amide bonds. The van der Waals surface area contributed by atoms with Crippen LogP contribution < -0.4 is 5.32 Å². The van der Waals surface area contributed by atoms with Gasteiger partial charge in [0.1, 0.15) is 5.75 Å². The molecule has 1 aromatic rings. The number of benzene rings is 1. The van der Waals surface area contributed by atoms with Crippen LogP contribution in [-0.4, -0.2) is 23.4 Å². The molecule has 3 N–H and O–H groups in total. The highest BCUT2D eigenvalue weighted by molar-refractivity contribution is 9.10. The second kappa shape index (κ2) is 8.51. The number of aliphatic hydroxyl groups is 1. The van der Waals surface area contributed by atoms with E-state index in [4.69, 9.17) is 5.11 Å². The molecule has 0 aliphatic carbocycles. The smallest absolute Gasteiger partial charge is 0.115 e. The molecule has 102 valence electrons. The van der Waals surface area contributed by atoms with Crippen LogP contribution in [0.2, 0.25) is 0 Å². The van der Waals surface area contributed by atoms with Crippen LogP contribution in [-0.2, 0) is 6.54 Å². The van der Waals surface area contributed by atoms with Gasteiger partial charge in [-0.1, -0.05) is 29.3 Å². The molecular formula is C14H22BrNO2. The first-order valence-corrected chi connectivity index (χ1v) is 7.25. The maximum absolute atomic E-state index is 9.43. The largest absolute Gasteiger partial charge is 0.508 e. The lowest BCUT2D eigenvalue weighted by Crippen LogP contribution is -2.23. The molecule has 0 spiro atoms. The van der Waals surface area contributed by atoms with Gasteiger partial charge in [-0.3, -0.25) is 0 Å². The van der Waals surface area contributed by atoms with Crippen molar-refractivity contribution in [3.63, 3.8) is 0 Å². The maximum Gasteiger partial charge on any atom is 0.115 e. The minimum Gasteiger partial charge on any atom is -0.508 e. The highest BCUT2D eigenvalue weighted by Crippen LogP contribution is 2.21. The topological polar surface area (TPSA) is 52.5 Å². The van der Waals surface area contributed by atoms with Gasteiger partial charge in [0.05, 0.1) is 0 Å². The Balaban J connectivity index is 2.41. The van der Waals surface area contributed by atoms with E-state index in [1.54, 1.807) is 12.1 Å². The minimum absolute atomic E-state index is 0.252. The molecule has 0 bridgehead atoms. The molecule has 1 rings (SSSR count). The number of phenolic OH excluding ortho intramolecular Hbond substituents is 1. The third-order valence-electron chi connectivity index (χ3n) is 3.01. The van der Waals surface area contributed by atoms with Gasteiger partial charge < -0.3 is 15.5 Å². The van der Waals surface area contributed by atoms with Crippen LogP contribution in [0, 0.1) is 5.92 Å². The Bertz CT molecular complexity index is 352. The zero-order chi connectivity index (χ0) is 13.4. The summed E-state index contributed by atoms with van der Waals surface area (Å²) in [5, 5.41) is 21.8. The van der Waals surface area contributed by atoms with Gasteiger partial charge in [-0.05, 0) is 49.1 Å². The number of halogens is 1. The fraction of sp³-hybridized carbons (Fsp3) is 0.571. The number of phenols is 1. The van der Waals surface area contributed by atoms with E-state index in [0.717, 1.165) is 42.4 Å². The summed E-state index contributed by atoms with van der Waals surface area (Å²) in [6.07, 6.45) is 3.12. The highest BCUT2D eigenvalue weighted by atomic mass is 79.9. The molecule has 0 aliphatic heterocycles. The van der Waals surface area contributed by atoms with Gasteiger partial charge in [-0.25, -0.2) is 0 Å². The summed E-state index contributed by atoms with van der Waals surface area (Å²) in [6.45, 7) is 4.04. The van der Waals surface area contributed by atoms with E-state index in [2.05, 4.69) is 28.2 Å². The Kier molecular flexibility index (Phi) is 7.32. The number of aromatic hydroxyl groups is 1. The van der Waals surface area contributed by atoms with Crippen molar-refractivity contribution in [1.82, 2.24) is 5.32 Å². The number of hydrogen-bond donors (Lipinski definition) is 3. The Morgan fingerprint density at radius 3 is 2.78 bits per heavy atom. The Hall–Kier alpha value is -0.580. The number of aliphatic hydroxyl groups excluding tert-OH is 1. The fourth-order valence-corrected chi connectivity index (χ4v) is 2.43. The quantitative estimate of drug-likeness (QED) is 0.691. The number of hydrogen-bond acceptors (Lipinski definition) is 3. The summed E-state index contributed by atoms with van der Waals surface area (Å²) in [4.78, 5) is 0. The van der Waals surface area contributed by atoms with Crippen molar-refractivity contribution >= 4 is 15.9 Å². The van der Waals surface area contributed by atoms with E-state index in [-0.39, 0.29) is 12.4 Å². The maximum atomic E-state index is 9.43. The van der Waals surface area contributed by atoms with Crippen LogP contribution in [0.15, 0.2) is 22.7 Å². The van der Waals surface area contributed by atoms with E-state index in [1.807, 2.05) is 6.07 Å². The van der Waals surface area contributed by atoms with Crippen molar-refractivity contribution in [3.05, 3.63) is 28.2 Å². The summed E-state index contributed by atoms with van der Waals surface area (Å²) < 4.78 is 1.00. The summed E-state index contributed by atoms with van der Waals surface area (Å²) in [5.74, 6) is 0.812. The Morgan fingerprint density at radius 1 is 1.33 bits per heavy atom. The molecule has 1 unspecified atom stereocenters. The van der Waals surface area contributed by atoms with E-state index >= 15 is 0 Å². The number of rotatable bonds is 8. The van der Waals surface area contributed by atoms with Gasteiger partial charge in [0, 0.05) is 17.6 Å². The van der Waals surface area contributed by atoms with Crippen molar-refractivity contribution in [2.45, 2.75) is 32.7 Å². The molecular weight excluding hydrogens is 294 g/mol. The van der Waals surface area contributed by atoms with Crippen LogP contribution in [0.4, 0.5) is 0 Å². The molecule has 0 aromatic heterocycles. The number of nitrogens with one attached hydrogen (secondary N) is 1. The summed E-state index contributed by atoms with van der Waals surface area (Å²) in [7, 11) is 0. The van der Waals surface area contributed by atoms with Crippen LogP contribution >= 0.6 is 15.9 Å². The standard InChI is InChI=1S/C14H22BrNO2/c1-2-3-11(6-7-17)9-16-10-12-8-13(18)4-5-14(12)15/h4-5,8,11,16-18H,2-3,6-7,9-10H2,1H3. The molecule has 18 heavy (non-hydrogen) atoms. The second-order valence-electron chi connectivity index (χ2n) is 4.57. The van der Waals surface area contributed by atoms with E-state index in [1.165, 1.54) is 0 Å². The zero-order valence-corrected chi connectivity index (χ0v) is 12.4. The molecule has 0 saturated carbocycles. The van der Waals surface area contributed by atoms with Crippen LogP contribution in [0.25, 0.3) is 0 Å². The molecule has 1 aromatic carbocycles. The Morgan fingerprint density at radius 2 is 2.11 bits per heavy atom. The van der Waals surface area contributed by atoms with Gasteiger partial charge in [-0.2, -0.15) is 0 Å². The zero-order valence-electron chi connectivity index (χ0n) is 10.8. The van der Waals surface area contributed by atoms with E-state index in [9.17, 15) is 5.11 Å². The van der Waals surface area contributed by atoms with Crippen molar-refractivity contribution in [2.75, 3.05) is 13.2 Å². The van der Waals surface area contributed by atoms with Gasteiger partial charge in [0.15, 0.2) is 0 Å². The molecule has 3 nitrogen and oxygen atoms in total. The van der Waals surface area contributed by atoms with Crippen LogP contribution in [0.3, 0.4) is 0 Å². The third kappa shape index (κ3) is 5.38. The summed E-state index contributed by atoms with van der Waals surface area (Å²) in [5.41, 5.74) is 1.05. The van der Waals surface area contributed by atoms with Gasteiger partial charge in [-0.15, -0.1) is 0 Å². The van der Waals surface area contributed by atoms with Gasteiger partial charge >= 0.3 is 0 Å². The van der Waals surface area contributed by atoms with Gasteiger partial charge in [0.2, 0.25) is 0 Å². The molecule has 1 atom stereocenters. The molecule has 0 radical (unpaired) electrons. The normalized spacial score (nSPS) is 12.6. The monoisotopic (exact) mass is 315 g/mol. The fourth-order valence-electron chi connectivity index (χ4n) is 2.05. The average molecular weight is 316 g/mol. The predicted molar refractivity (Wildman–Crippen MR) is 77.6 cm³/mol. The molecule has 0 saturated heterocycles. The lowest BCUT2D eigenvalue weighted by molar-refractivity contribution is 0.248. The SMILES string of the molecule is CCCC(CCO)CNCc1cc(O)ccc1Br. The summed E-state index contributed by atoms with van der Waals surface area (Å²) >= 11 is 3.47. The lowest BCUT2D eigenvalue weighted by atomic mass is 10.0. The predicted octanol–water partition coefficient (Wildman–Crippen LogP) is 3.04. The first-order valence-electron chi connectivity index (χ1n) is 6.46. The lowest BCUT2D eigenvalue weighted by Gasteiger charge is -2.16. The first kappa shape index (κ1) is 15.5. The van der Waals surface area contributed by atoms with Crippen molar-refractivity contribution in [2.24, 2.45) is 5.92 Å². The highest BCUT2D eigenvalue weighted by Gasteiger charge is 2.07. The minimum atomic E-state index is 0.252. The molecule has 0 fully saturated rings. The van der Waals surface area contributed by atoms with Crippen molar-refractivity contribution < 1.29 is 10.2 Å². The first-order chi connectivity index (χ1) is 8.67. The average Bonchev–Trinajstić information content (AvgIpc) is 2.34. The molecule has 0 aliphatic rings. The van der Waals surface area contributed by atoms with Gasteiger partial charge in [0.25, 0.3) is 0 Å². The van der Waals surface area contributed by atoms with E-state index in [0.29, 0.717) is 5.92 Å². The Labute approximate surface area is 117 Å². The van der Waals surface area contributed by atoms with E-state index < -0.39 is 0 Å². The second-order valence-corrected chi connectivity index (χ2v) is 5.43. The molecule has 0 heterocycles. The van der Waals surface area contributed by atoms with Crippen molar-refractivity contribution in [3.8, 4) is 5.75 Å². The molecule has 4 heteroatoms. The van der Waals surface area contributed by atoms with Crippen LogP contribution in [0.1, 0.15) is 31.7 Å². The third-order valence-corrected chi connectivity index (χ3v) is 3.79. The summed E-state index contributed by atoms with van der Waals surface area (Å²) in [6, 6.07) is 5.28. The van der Waals surface area contributed by atoms with Crippen molar-refractivity contribution in [1.29, 1.82) is 0 Å².